The third kappa shape index (κ3) is 18.4. The lowest BCUT2D eigenvalue weighted by Gasteiger charge is -2.34. The molecule has 1 aliphatic heterocycles. The number of aryl methyl sites for hydroxylation is 1. The summed E-state index contributed by atoms with van der Waals surface area (Å²) in [5, 5.41) is 0. The van der Waals surface area contributed by atoms with Crippen molar-refractivity contribution in [2.24, 2.45) is 0 Å². The van der Waals surface area contributed by atoms with Gasteiger partial charge in [-0.25, -0.2) is 0 Å². The summed E-state index contributed by atoms with van der Waals surface area (Å²) >= 11 is 0. The van der Waals surface area contributed by atoms with Gasteiger partial charge in [-0.1, -0.05) is 80.6 Å². The van der Waals surface area contributed by atoms with E-state index in [9.17, 15) is 0 Å². The number of para-hydroxylation sites is 1. The molecular weight excluding hydrogens is 561 g/mol. The first-order chi connectivity index (χ1) is 18.3. The molecule has 0 atom stereocenters. The summed E-state index contributed by atoms with van der Waals surface area (Å²) in [5.74, 6) is 0.997. The van der Waals surface area contributed by atoms with E-state index in [1.54, 1.807) is 0 Å². The fourth-order valence-corrected chi connectivity index (χ4v) is 5.29. The molecule has 0 amide bonds. The van der Waals surface area contributed by atoms with Crippen molar-refractivity contribution >= 4 is 37.2 Å². The van der Waals surface area contributed by atoms with Crippen LogP contribution in [0.2, 0.25) is 0 Å². The fourth-order valence-electron chi connectivity index (χ4n) is 5.29. The normalized spacial score (nSPS) is 13.8. The van der Waals surface area contributed by atoms with Crippen LogP contribution in [0.5, 0.6) is 5.75 Å². The Labute approximate surface area is 264 Å². The molecule has 40 heavy (non-hydrogen) atoms. The summed E-state index contributed by atoms with van der Waals surface area (Å²) in [6, 6.07) is 21.1. The summed E-state index contributed by atoms with van der Waals surface area (Å²) < 4.78 is 5.78. The van der Waals surface area contributed by atoms with E-state index in [1.165, 1.54) is 129 Å². The number of ether oxygens (including phenoxy) is 1. The van der Waals surface area contributed by atoms with Crippen LogP contribution >= 0.6 is 37.2 Å². The summed E-state index contributed by atoms with van der Waals surface area (Å²) in [6.45, 7) is 10.9. The average Bonchev–Trinajstić information content (AvgIpc) is 2.94. The molecule has 1 saturated heterocycles. The smallest absolute Gasteiger partial charge is 0.119 e. The van der Waals surface area contributed by atoms with Crippen LogP contribution < -0.4 is 4.74 Å². The second kappa shape index (κ2) is 25.7. The van der Waals surface area contributed by atoms with E-state index in [0.717, 1.165) is 12.4 Å². The van der Waals surface area contributed by atoms with Gasteiger partial charge in [0.2, 0.25) is 0 Å². The molecule has 0 N–H and O–H groups in total. The molecule has 1 aliphatic rings. The lowest BCUT2D eigenvalue weighted by molar-refractivity contribution is 0.128. The van der Waals surface area contributed by atoms with Gasteiger partial charge in [-0.2, -0.15) is 0 Å². The zero-order chi connectivity index (χ0) is 25.8. The highest BCUT2D eigenvalue weighted by Crippen LogP contribution is 2.12. The molecule has 0 radical (unpaired) electrons. The molecule has 2 aromatic rings. The number of unbranched alkanes of at least 4 members (excludes halogenated alkanes) is 7. The molecule has 0 spiro atoms. The largest absolute Gasteiger partial charge is 0.494 e. The standard InChI is InChI=1S/C33H53N3O.3ClH/c1-34(24-17-20-32-18-9-7-10-19-32)23-14-15-26-36-29-27-35(28-30-36)25-13-5-3-2-4-6-16-31-37-33-21-11-8-12-22-33;;;/h7-12,18-19,21-22H,2-6,13-17,20,23-31H2,1H3;3*1H. The van der Waals surface area contributed by atoms with Crippen LogP contribution in [0.4, 0.5) is 0 Å². The van der Waals surface area contributed by atoms with Gasteiger partial charge < -0.3 is 19.4 Å². The first kappa shape index (κ1) is 39.0. The lowest BCUT2D eigenvalue weighted by Crippen LogP contribution is -2.46. The van der Waals surface area contributed by atoms with Gasteiger partial charge in [-0.05, 0) is 89.4 Å². The first-order valence-corrected chi connectivity index (χ1v) is 15.1. The number of piperazine rings is 1. The highest BCUT2D eigenvalue weighted by molar-refractivity contribution is 5.86. The summed E-state index contributed by atoms with van der Waals surface area (Å²) in [5.41, 5.74) is 1.46. The number of rotatable bonds is 20. The van der Waals surface area contributed by atoms with Gasteiger partial charge in [0, 0.05) is 26.2 Å². The van der Waals surface area contributed by atoms with Gasteiger partial charge in [0.15, 0.2) is 0 Å². The molecule has 1 heterocycles. The minimum atomic E-state index is 0. The molecule has 0 aromatic heterocycles. The van der Waals surface area contributed by atoms with Crippen molar-refractivity contribution in [3.8, 4) is 5.75 Å². The Morgan fingerprint density at radius 2 is 1.05 bits per heavy atom. The molecule has 0 saturated carbocycles. The Balaban J connectivity index is 0.00000507. The van der Waals surface area contributed by atoms with E-state index in [0.29, 0.717) is 0 Å². The topological polar surface area (TPSA) is 19.0 Å². The lowest BCUT2D eigenvalue weighted by atomic mass is 10.1. The monoisotopic (exact) mass is 615 g/mol. The van der Waals surface area contributed by atoms with Crippen LogP contribution in [0.25, 0.3) is 0 Å². The van der Waals surface area contributed by atoms with Gasteiger partial charge in [0.1, 0.15) is 5.75 Å². The highest BCUT2D eigenvalue weighted by Gasteiger charge is 2.15. The first-order valence-electron chi connectivity index (χ1n) is 15.1. The molecule has 7 heteroatoms. The molecule has 2 aromatic carbocycles. The van der Waals surface area contributed by atoms with E-state index >= 15 is 0 Å². The molecule has 4 nitrogen and oxygen atoms in total. The zero-order valence-electron chi connectivity index (χ0n) is 24.9. The van der Waals surface area contributed by atoms with Crippen molar-refractivity contribution in [3.63, 3.8) is 0 Å². The van der Waals surface area contributed by atoms with Crippen molar-refractivity contribution in [1.29, 1.82) is 0 Å². The second-order valence-electron chi connectivity index (χ2n) is 10.9. The van der Waals surface area contributed by atoms with Crippen molar-refractivity contribution in [3.05, 3.63) is 66.2 Å². The SMILES string of the molecule is CN(CCCCN1CCN(CCCCCCCCCOc2ccccc2)CC1)CCCc1ccccc1.Cl.Cl.Cl. The maximum atomic E-state index is 5.78. The van der Waals surface area contributed by atoms with Gasteiger partial charge in [-0.15, -0.1) is 37.2 Å². The van der Waals surface area contributed by atoms with Crippen molar-refractivity contribution < 1.29 is 4.74 Å². The Bertz CT molecular complexity index is 792. The van der Waals surface area contributed by atoms with Crippen molar-refractivity contribution in [1.82, 2.24) is 14.7 Å². The fraction of sp³-hybridized carbons (Fsp3) is 0.636. The predicted octanol–water partition coefficient (Wildman–Crippen LogP) is 8.02. The van der Waals surface area contributed by atoms with Crippen LogP contribution in [-0.2, 0) is 6.42 Å². The third-order valence-corrected chi connectivity index (χ3v) is 7.71. The average molecular weight is 617 g/mol. The van der Waals surface area contributed by atoms with E-state index < -0.39 is 0 Å². The molecular formula is C33H56Cl3N3O. The maximum Gasteiger partial charge on any atom is 0.119 e. The van der Waals surface area contributed by atoms with Crippen LogP contribution in [0.15, 0.2) is 60.7 Å². The molecule has 0 unspecified atom stereocenters. The van der Waals surface area contributed by atoms with E-state index in [4.69, 9.17) is 4.74 Å². The number of nitrogens with zero attached hydrogens (tertiary/aromatic N) is 3. The molecule has 0 bridgehead atoms. The molecule has 1 fully saturated rings. The Hall–Kier alpha value is -1.01. The van der Waals surface area contributed by atoms with Gasteiger partial charge in [0.25, 0.3) is 0 Å². The van der Waals surface area contributed by atoms with E-state index in [2.05, 4.69) is 52.1 Å². The van der Waals surface area contributed by atoms with E-state index in [-0.39, 0.29) is 37.2 Å². The van der Waals surface area contributed by atoms with Gasteiger partial charge >= 0.3 is 0 Å². The molecule has 3 rings (SSSR count). The van der Waals surface area contributed by atoms with Gasteiger partial charge in [0.05, 0.1) is 6.61 Å². The minimum Gasteiger partial charge on any atom is -0.494 e. The Kier molecular flexibility index (Phi) is 25.0. The quantitative estimate of drug-likeness (QED) is 0.140. The highest BCUT2D eigenvalue weighted by atomic mass is 35.5. The maximum absolute atomic E-state index is 5.78. The summed E-state index contributed by atoms with van der Waals surface area (Å²) in [4.78, 5) is 7.90. The van der Waals surface area contributed by atoms with Crippen molar-refractivity contribution in [2.45, 2.75) is 70.6 Å². The minimum absolute atomic E-state index is 0. The Morgan fingerprint density at radius 3 is 1.65 bits per heavy atom. The van der Waals surface area contributed by atoms with Crippen LogP contribution in [0.1, 0.15) is 69.8 Å². The third-order valence-electron chi connectivity index (χ3n) is 7.71. The number of hydrogen-bond donors (Lipinski definition) is 0. The predicted molar refractivity (Wildman–Crippen MR) is 180 cm³/mol. The zero-order valence-corrected chi connectivity index (χ0v) is 27.3. The number of hydrogen-bond acceptors (Lipinski definition) is 4. The van der Waals surface area contributed by atoms with E-state index in [1.807, 2.05) is 30.3 Å². The van der Waals surface area contributed by atoms with Crippen LogP contribution in [0, 0.1) is 0 Å². The molecule has 0 aliphatic carbocycles. The van der Waals surface area contributed by atoms with Crippen molar-refractivity contribution in [2.75, 3.05) is 66.0 Å². The summed E-state index contributed by atoms with van der Waals surface area (Å²) in [7, 11) is 2.28. The number of halogens is 3. The van der Waals surface area contributed by atoms with Crippen LogP contribution in [-0.4, -0.2) is 80.7 Å². The molecule has 230 valence electrons. The number of benzene rings is 2. The Morgan fingerprint density at radius 1 is 0.575 bits per heavy atom. The van der Waals surface area contributed by atoms with Crippen LogP contribution in [0.3, 0.4) is 0 Å². The van der Waals surface area contributed by atoms with Gasteiger partial charge in [-0.3, -0.25) is 0 Å². The second-order valence-corrected chi connectivity index (χ2v) is 10.9. The summed E-state index contributed by atoms with van der Waals surface area (Å²) in [6.07, 6.45) is 14.4.